The second kappa shape index (κ2) is 3.81. The predicted molar refractivity (Wildman–Crippen MR) is 57.5 cm³/mol. The van der Waals surface area contributed by atoms with E-state index in [1.807, 2.05) is 22.8 Å². The molecule has 0 atom stereocenters. The fourth-order valence-electron chi connectivity index (χ4n) is 0.687. The van der Waals surface area contributed by atoms with Crippen LogP contribution < -0.4 is 0 Å². The molecule has 0 aliphatic carbocycles. The molecule has 0 spiro atoms. The zero-order valence-electron chi connectivity index (χ0n) is 6.24. The lowest BCUT2D eigenvalue weighted by Gasteiger charge is -2.30. The molecule has 10 heavy (non-hydrogen) atoms. The van der Waals surface area contributed by atoms with Crippen molar-refractivity contribution in [1.29, 1.82) is 0 Å². The van der Waals surface area contributed by atoms with Crippen molar-refractivity contribution in [3.05, 3.63) is 0 Å². The quantitative estimate of drug-likeness (QED) is 0.616. The van der Waals surface area contributed by atoms with Gasteiger partial charge in [-0.1, -0.05) is 34.6 Å². The molecule has 0 aromatic heterocycles. The summed E-state index contributed by atoms with van der Waals surface area (Å²) in [6.07, 6.45) is 1.33. The van der Waals surface area contributed by atoms with Crippen LogP contribution in [0.2, 0.25) is 0 Å². The molecule has 5 heteroatoms. The summed E-state index contributed by atoms with van der Waals surface area (Å²) in [6, 6.07) is 0. The standard InChI is InChI=1S/C5H12NPS3/c1-6(2)7(8)9-4-3-5-10-7/h3-5H2,1-2H3. The van der Waals surface area contributed by atoms with E-state index in [9.17, 15) is 0 Å². The summed E-state index contributed by atoms with van der Waals surface area (Å²) in [7, 11) is 4.21. The van der Waals surface area contributed by atoms with Crippen LogP contribution in [-0.4, -0.2) is 30.3 Å². The van der Waals surface area contributed by atoms with Gasteiger partial charge in [-0.3, -0.25) is 4.67 Å². The highest BCUT2D eigenvalue weighted by Gasteiger charge is 2.23. The Hall–Kier alpha value is 1.31. The van der Waals surface area contributed by atoms with Crippen molar-refractivity contribution < 1.29 is 0 Å². The van der Waals surface area contributed by atoms with Gasteiger partial charge in [0.15, 0.2) is 0 Å². The van der Waals surface area contributed by atoms with Gasteiger partial charge in [0.25, 0.3) is 0 Å². The molecular formula is C5H12NPS3. The van der Waals surface area contributed by atoms with Crippen molar-refractivity contribution >= 4 is 39.2 Å². The first kappa shape index (κ1) is 9.40. The molecule has 0 unspecified atom stereocenters. The lowest BCUT2D eigenvalue weighted by atomic mass is 10.6. The number of hydrogen-bond donors (Lipinski definition) is 0. The SMILES string of the molecule is CN(C)P1(=S)SCCCS1. The van der Waals surface area contributed by atoms with Crippen molar-refractivity contribution in [2.24, 2.45) is 0 Å². The van der Waals surface area contributed by atoms with E-state index in [0.29, 0.717) is 0 Å². The zero-order chi connectivity index (χ0) is 7.61. The monoisotopic (exact) mass is 213 g/mol. The molecule has 60 valence electrons. The molecular weight excluding hydrogens is 201 g/mol. The van der Waals surface area contributed by atoms with Crippen LogP contribution in [0.4, 0.5) is 0 Å². The molecule has 1 aliphatic heterocycles. The van der Waals surface area contributed by atoms with E-state index >= 15 is 0 Å². The Labute approximate surface area is 75.9 Å². The molecule has 0 amide bonds. The minimum atomic E-state index is -1.19. The first-order chi connectivity index (χ1) is 4.65. The first-order valence-corrected chi connectivity index (χ1v) is 9.16. The maximum Gasteiger partial charge on any atom is 0.119 e. The normalized spacial score (nSPS) is 25.1. The molecule has 1 rings (SSSR count). The number of nitrogens with zero attached hydrogens (tertiary/aromatic N) is 1. The first-order valence-electron chi connectivity index (χ1n) is 3.22. The van der Waals surface area contributed by atoms with E-state index in [1.165, 1.54) is 17.9 Å². The van der Waals surface area contributed by atoms with Gasteiger partial charge in [0, 0.05) is 11.5 Å². The van der Waals surface area contributed by atoms with E-state index < -0.39 is 4.59 Å². The summed E-state index contributed by atoms with van der Waals surface area (Å²) in [5.41, 5.74) is 0. The molecule has 1 heterocycles. The Morgan fingerprint density at radius 2 is 1.80 bits per heavy atom. The maximum absolute atomic E-state index is 5.54. The van der Waals surface area contributed by atoms with Gasteiger partial charge < -0.3 is 0 Å². The molecule has 1 saturated heterocycles. The van der Waals surface area contributed by atoms with E-state index in [0.717, 1.165) is 0 Å². The van der Waals surface area contributed by atoms with Crippen LogP contribution in [0.5, 0.6) is 0 Å². The maximum atomic E-state index is 5.54. The van der Waals surface area contributed by atoms with Crippen LogP contribution in [-0.2, 0) is 11.8 Å². The lowest BCUT2D eigenvalue weighted by molar-refractivity contribution is 0.696. The van der Waals surface area contributed by atoms with Crippen LogP contribution in [0.15, 0.2) is 0 Å². The van der Waals surface area contributed by atoms with Gasteiger partial charge in [0.05, 0.1) is 0 Å². The highest BCUT2D eigenvalue weighted by molar-refractivity contribution is 9.00. The molecule has 0 aromatic carbocycles. The molecule has 1 fully saturated rings. The van der Waals surface area contributed by atoms with Gasteiger partial charge in [0.2, 0.25) is 0 Å². The summed E-state index contributed by atoms with van der Waals surface area (Å²) in [5.74, 6) is 2.53. The van der Waals surface area contributed by atoms with Crippen molar-refractivity contribution in [2.75, 3.05) is 25.6 Å². The highest BCUT2D eigenvalue weighted by atomic mass is 33.2. The van der Waals surface area contributed by atoms with Gasteiger partial charge in [-0.05, 0) is 20.5 Å². The van der Waals surface area contributed by atoms with E-state index in [2.05, 4.69) is 18.8 Å². The van der Waals surface area contributed by atoms with Crippen LogP contribution in [0, 0.1) is 0 Å². The Morgan fingerprint density at radius 3 is 2.10 bits per heavy atom. The molecule has 0 radical (unpaired) electrons. The zero-order valence-corrected chi connectivity index (χ0v) is 9.58. The Morgan fingerprint density at radius 1 is 1.30 bits per heavy atom. The summed E-state index contributed by atoms with van der Waals surface area (Å²) >= 11 is 9.52. The largest absolute Gasteiger partial charge is 0.265 e. The van der Waals surface area contributed by atoms with Gasteiger partial charge in [-0.2, -0.15) is 0 Å². The van der Waals surface area contributed by atoms with Gasteiger partial charge >= 0.3 is 0 Å². The fourth-order valence-corrected chi connectivity index (χ4v) is 9.54. The minimum Gasteiger partial charge on any atom is -0.265 e. The average Bonchev–Trinajstić information content (AvgIpc) is 1.89. The van der Waals surface area contributed by atoms with Crippen molar-refractivity contribution in [3.63, 3.8) is 0 Å². The summed E-state index contributed by atoms with van der Waals surface area (Å²) < 4.78 is 1.05. The van der Waals surface area contributed by atoms with Crippen LogP contribution in [0.25, 0.3) is 0 Å². The van der Waals surface area contributed by atoms with Crippen LogP contribution in [0.3, 0.4) is 0 Å². The van der Waals surface area contributed by atoms with Gasteiger partial charge in [-0.25, -0.2) is 0 Å². The van der Waals surface area contributed by atoms with Crippen LogP contribution >= 0.6 is 27.4 Å². The summed E-state index contributed by atoms with van der Waals surface area (Å²) in [4.78, 5) is 0. The third-order valence-corrected chi connectivity index (χ3v) is 13.6. The smallest absolute Gasteiger partial charge is 0.119 e. The van der Waals surface area contributed by atoms with Gasteiger partial charge in [-0.15, -0.1) is 0 Å². The minimum absolute atomic E-state index is 1.19. The topological polar surface area (TPSA) is 3.24 Å². The molecule has 0 aromatic rings. The molecule has 0 bridgehead atoms. The van der Waals surface area contributed by atoms with Crippen molar-refractivity contribution in [3.8, 4) is 0 Å². The third-order valence-electron chi connectivity index (χ3n) is 1.29. The summed E-state index contributed by atoms with van der Waals surface area (Å²) in [6.45, 7) is 0. The number of hydrogen-bond acceptors (Lipinski definition) is 3. The van der Waals surface area contributed by atoms with E-state index in [-0.39, 0.29) is 0 Å². The lowest BCUT2D eigenvalue weighted by Crippen LogP contribution is -2.06. The Bertz CT molecular complexity index is 149. The summed E-state index contributed by atoms with van der Waals surface area (Å²) in [5, 5.41) is 0. The van der Waals surface area contributed by atoms with Crippen molar-refractivity contribution in [2.45, 2.75) is 6.42 Å². The van der Waals surface area contributed by atoms with E-state index in [1.54, 1.807) is 0 Å². The highest BCUT2D eigenvalue weighted by Crippen LogP contribution is 2.72. The molecule has 1 nitrogen and oxygen atoms in total. The van der Waals surface area contributed by atoms with Gasteiger partial charge in [0.1, 0.15) is 4.59 Å². The third kappa shape index (κ3) is 2.15. The molecule has 1 aliphatic rings. The Balaban J connectivity index is 2.57. The number of rotatable bonds is 1. The Kier molecular flexibility index (Phi) is 3.58. The van der Waals surface area contributed by atoms with Crippen molar-refractivity contribution in [1.82, 2.24) is 4.67 Å². The molecule has 0 saturated carbocycles. The fraction of sp³-hybridized carbons (Fsp3) is 1.00. The average molecular weight is 213 g/mol. The second-order valence-electron chi connectivity index (χ2n) is 2.34. The molecule has 0 N–H and O–H groups in total. The van der Waals surface area contributed by atoms with E-state index in [4.69, 9.17) is 11.8 Å². The second-order valence-corrected chi connectivity index (χ2v) is 13.8. The van der Waals surface area contributed by atoms with Crippen LogP contribution in [0.1, 0.15) is 6.42 Å². The predicted octanol–water partition coefficient (Wildman–Crippen LogP) is 2.64.